The summed E-state index contributed by atoms with van der Waals surface area (Å²) in [5, 5.41) is 12.0. The van der Waals surface area contributed by atoms with Gasteiger partial charge in [-0.1, -0.05) is 12.8 Å². The van der Waals surface area contributed by atoms with Crippen LogP contribution in [0.25, 0.3) is 56.0 Å². The van der Waals surface area contributed by atoms with Crippen LogP contribution in [0.4, 0.5) is 4.39 Å². The van der Waals surface area contributed by atoms with E-state index in [2.05, 4.69) is 52.5 Å². The Morgan fingerprint density at radius 3 is 2.68 bits per heavy atom. The third-order valence-electron chi connectivity index (χ3n) is 9.46. The van der Waals surface area contributed by atoms with Crippen molar-refractivity contribution in [1.82, 2.24) is 45.3 Å². The molecule has 47 heavy (non-hydrogen) atoms. The highest BCUT2D eigenvalue weighted by Gasteiger charge is 2.18. The average Bonchev–Trinajstić information content (AvgIpc) is 3.91. The maximum absolute atomic E-state index is 14.8. The fourth-order valence-corrected chi connectivity index (χ4v) is 6.99. The zero-order valence-corrected chi connectivity index (χ0v) is 26.3. The Balaban J connectivity index is 1.05. The molecule has 6 heterocycles. The molecule has 240 valence electrons. The third-order valence-corrected chi connectivity index (χ3v) is 9.46. The largest absolute Gasteiger partial charge is 0.492 e. The first-order valence-corrected chi connectivity index (χ1v) is 16.7. The summed E-state index contributed by atoms with van der Waals surface area (Å²) in [6.07, 6.45) is 15.1. The van der Waals surface area contributed by atoms with Crippen molar-refractivity contribution in [3.8, 4) is 39.5 Å². The molecule has 11 heteroatoms. The second kappa shape index (κ2) is 13.2. The number of ether oxygens (including phenoxy) is 1. The zero-order valence-electron chi connectivity index (χ0n) is 26.3. The van der Waals surface area contributed by atoms with Gasteiger partial charge in [0.25, 0.3) is 0 Å². The molecule has 1 saturated heterocycles. The van der Waals surface area contributed by atoms with Crippen LogP contribution in [-0.4, -0.2) is 72.8 Å². The molecule has 1 aliphatic heterocycles. The van der Waals surface area contributed by atoms with Crippen molar-refractivity contribution in [3.63, 3.8) is 0 Å². The molecule has 0 radical (unpaired) electrons. The van der Waals surface area contributed by atoms with Crippen LogP contribution in [-0.2, 0) is 6.54 Å². The standard InChI is InChI=1S/C36H38FN9O/c37-28-14-25(15-29(17-28)47-12-11-46-9-3-4-10-46)30-7-8-40-35-32(30)42-36(43-35)33-31-16-27(22-41-34(31)45-44-33)26-13-24(20-39-21-26)19-38-18-23-5-1-2-6-23/h7-8,13-17,20-23,38H,1-6,9-12,18-19H2,(H,40,42,43)(H,41,44,45). The topological polar surface area (TPSA) is 121 Å². The molecule has 3 N–H and O–H groups in total. The minimum atomic E-state index is -0.357. The molecule has 1 saturated carbocycles. The smallest absolute Gasteiger partial charge is 0.181 e. The van der Waals surface area contributed by atoms with E-state index < -0.39 is 0 Å². The maximum Gasteiger partial charge on any atom is 0.181 e. The fraction of sp³-hybridized carbons (Fsp3) is 0.361. The summed E-state index contributed by atoms with van der Waals surface area (Å²) in [4.78, 5) is 24.3. The SMILES string of the molecule is Fc1cc(OCCN2CCCC2)cc(-c2ccnc3nc(-c4[nH]nc5ncc(-c6cncc(CNCC7CCCC7)c6)cc45)[nH]c23)c1. The number of H-pyrrole nitrogens is 2. The molecule has 10 nitrogen and oxygen atoms in total. The van der Waals surface area contributed by atoms with Crippen molar-refractivity contribution < 1.29 is 9.13 Å². The van der Waals surface area contributed by atoms with Crippen LogP contribution < -0.4 is 10.1 Å². The molecule has 1 aliphatic carbocycles. The van der Waals surface area contributed by atoms with Gasteiger partial charge < -0.3 is 15.0 Å². The molecule has 6 aromatic rings. The predicted molar refractivity (Wildman–Crippen MR) is 180 cm³/mol. The molecule has 0 unspecified atom stereocenters. The lowest BCUT2D eigenvalue weighted by Crippen LogP contribution is -2.25. The van der Waals surface area contributed by atoms with Crippen LogP contribution in [0.15, 0.2) is 61.2 Å². The molecule has 0 amide bonds. The Morgan fingerprint density at radius 1 is 0.915 bits per heavy atom. The van der Waals surface area contributed by atoms with Gasteiger partial charge in [0.05, 0.1) is 10.9 Å². The van der Waals surface area contributed by atoms with Gasteiger partial charge in [-0.15, -0.1) is 0 Å². The number of fused-ring (bicyclic) bond motifs is 2. The summed E-state index contributed by atoms with van der Waals surface area (Å²) < 4.78 is 20.8. The highest BCUT2D eigenvalue weighted by atomic mass is 19.1. The van der Waals surface area contributed by atoms with E-state index in [1.807, 2.05) is 30.7 Å². The second-order valence-corrected chi connectivity index (χ2v) is 12.8. The zero-order chi connectivity index (χ0) is 31.6. The number of benzene rings is 1. The lowest BCUT2D eigenvalue weighted by atomic mass is 10.1. The van der Waals surface area contributed by atoms with Gasteiger partial charge in [-0.05, 0) is 92.7 Å². The van der Waals surface area contributed by atoms with Crippen LogP contribution in [0, 0.1) is 11.7 Å². The van der Waals surface area contributed by atoms with E-state index in [9.17, 15) is 4.39 Å². The summed E-state index contributed by atoms with van der Waals surface area (Å²) in [6.45, 7) is 5.39. The number of nitrogens with one attached hydrogen (secondary N) is 3. The highest BCUT2D eigenvalue weighted by molar-refractivity contribution is 5.96. The summed E-state index contributed by atoms with van der Waals surface area (Å²) in [6, 6.07) is 10.9. The normalized spacial score (nSPS) is 15.8. The third kappa shape index (κ3) is 6.45. The van der Waals surface area contributed by atoms with E-state index in [0.29, 0.717) is 46.2 Å². The van der Waals surface area contributed by atoms with Crippen molar-refractivity contribution in [3.05, 3.63) is 72.6 Å². The van der Waals surface area contributed by atoms with Crippen LogP contribution in [0.1, 0.15) is 44.1 Å². The van der Waals surface area contributed by atoms with Gasteiger partial charge in [-0.3, -0.25) is 15.0 Å². The van der Waals surface area contributed by atoms with Gasteiger partial charge in [-0.2, -0.15) is 5.10 Å². The molecule has 2 aliphatic rings. The van der Waals surface area contributed by atoms with Crippen molar-refractivity contribution in [1.29, 1.82) is 0 Å². The lowest BCUT2D eigenvalue weighted by Gasteiger charge is -2.15. The van der Waals surface area contributed by atoms with Gasteiger partial charge in [0, 0.05) is 60.6 Å². The molecule has 0 atom stereocenters. The van der Waals surface area contributed by atoms with Gasteiger partial charge >= 0.3 is 0 Å². The number of likely N-dealkylation sites (tertiary alicyclic amines) is 1. The number of nitrogens with zero attached hydrogens (tertiary/aromatic N) is 6. The molecular formula is C36H38FN9O. The molecule has 0 spiro atoms. The first-order valence-electron chi connectivity index (χ1n) is 16.7. The quantitative estimate of drug-likeness (QED) is 0.148. The number of hydrogen-bond donors (Lipinski definition) is 3. The Labute approximate surface area is 272 Å². The highest BCUT2D eigenvalue weighted by Crippen LogP contribution is 2.33. The predicted octanol–water partition coefficient (Wildman–Crippen LogP) is 6.52. The number of aromatic nitrogens is 7. The van der Waals surface area contributed by atoms with E-state index >= 15 is 0 Å². The van der Waals surface area contributed by atoms with Crippen molar-refractivity contribution in [2.75, 3.05) is 32.8 Å². The molecule has 1 aromatic carbocycles. The average molecular weight is 632 g/mol. The van der Waals surface area contributed by atoms with Crippen molar-refractivity contribution >= 4 is 22.2 Å². The minimum Gasteiger partial charge on any atom is -0.492 e. The lowest BCUT2D eigenvalue weighted by molar-refractivity contribution is 0.237. The van der Waals surface area contributed by atoms with Crippen molar-refractivity contribution in [2.24, 2.45) is 5.92 Å². The Morgan fingerprint density at radius 2 is 1.79 bits per heavy atom. The Hall–Kier alpha value is -4.74. The van der Waals surface area contributed by atoms with Crippen LogP contribution in [0.3, 0.4) is 0 Å². The number of pyridine rings is 3. The number of aromatic amines is 2. The van der Waals surface area contributed by atoms with E-state index in [1.54, 1.807) is 6.20 Å². The summed E-state index contributed by atoms with van der Waals surface area (Å²) in [5.41, 5.74) is 7.05. The number of hydrogen-bond acceptors (Lipinski definition) is 8. The van der Waals surface area contributed by atoms with Gasteiger partial charge in [0.1, 0.15) is 23.9 Å². The minimum absolute atomic E-state index is 0.357. The van der Waals surface area contributed by atoms with Crippen LogP contribution in [0.2, 0.25) is 0 Å². The maximum atomic E-state index is 14.8. The van der Waals surface area contributed by atoms with E-state index in [4.69, 9.17) is 9.72 Å². The Bertz CT molecular complexity index is 2010. The van der Waals surface area contributed by atoms with Crippen LogP contribution in [0.5, 0.6) is 5.75 Å². The van der Waals surface area contributed by atoms with Gasteiger partial charge in [0.2, 0.25) is 0 Å². The number of halogens is 1. The molecule has 0 bridgehead atoms. The number of imidazole rings is 1. The second-order valence-electron chi connectivity index (χ2n) is 12.8. The fourth-order valence-electron chi connectivity index (χ4n) is 6.99. The summed E-state index contributed by atoms with van der Waals surface area (Å²) >= 11 is 0. The van der Waals surface area contributed by atoms with Gasteiger partial charge in [-0.25, -0.2) is 19.3 Å². The molecule has 5 aromatic heterocycles. The van der Waals surface area contributed by atoms with E-state index in [0.717, 1.165) is 66.3 Å². The Kier molecular flexibility index (Phi) is 8.31. The summed E-state index contributed by atoms with van der Waals surface area (Å²) in [7, 11) is 0. The van der Waals surface area contributed by atoms with E-state index in [1.165, 1.54) is 50.7 Å². The van der Waals surface area contributed by atoms with Crippen molar-refractivity contribution in [2.45, 2.75) is 45.1 Å². The monoisotopic (exact) mass is 631 g/mol. The molecule has 2 fully saturated rings. The van der Waals surface area contributed by atoms with E-state index in [-0.39, 0.29) is 5.82 Å². The first kappa shape index (κ1) is 29.6. The molecule has 8 rings (SSSR count). The number of rotatable bonds is 11. The van der Waals surface area contributed by atoms with Crippen LogP contribution >= 0.6 is 0 Å². The van der Waals surface area contributed by atoms with Gasteiger partial charge in [0.15, 0.2) is 17.1 Å². The molecular weight excluding hydrogens is 593 g/mol. The summed E-state index contributed by atoms with van der Waals surface area (Å²) in [5.74, 6) is 1.51. The first-order chi connectivity index (χ1) is 23.2.